The summed E-state index contributed by atoms with van der Waals surface area (Å²) in [5, 5.41) is 0. The van der Waals surface area contributed by atoms with Crippen molar-refractivity contribution < 1.29 is 14.2 Å². The summed E-state index contributed by atoms with van der Waals surface area (Å²) in [6, 6.07) is 0. The second-order valence-electron chi connectivity index (χ2n) is 2.60. The average Bonchev–Trinajstić information content (AvgIpc) is 2.17. The van der Waals surface area contributed by atoms with Gasteiger partial charge in [-0.05, 0) is 20.3 Å². The van der Waals surface area contributed by atoms with E-state index in [1.807, 2.05) is 6.92 Å². The van der Waals surface area contributed by atoms with Crippen molar-refractivity contribution in [3.05, 3.63) is 6.92 Å². The number of hydrogen-bond donors (Lipinski definition) is 0. The summed E-state index contributed by atoms with van der Waals surface area (Å²) in [5.41, 5.74) is 0. The third kappa shape index (κ3) is 3.18. The molecule has 0 aliphatic carbocycles. The molecule has 0 saturated carbocycles. The highest BCUT2D eigenvalue weighted by atomic mass is 16.7. The van der Waals surface area contributed by atoms with Crippen LogP contribution < -0.4 is 0 Å². The van der Waals surface area contributed by atoms with Crippen molar-refractivity contribution in [1.82, 2.24) is 0 Å². The molecule has 1 radical (unpaired) electrons. The Morgan fingerprint density at radius 1 is 1.55 bits per heavy atom. The summed E-state index contributed by atoms with van der Waals surface area (Å²) >= 11 is 0. The van der Waals surface area contributed by atoms with Crippen LogP contribution >= 0.6 is 0 Å². The van der Waals surface area contributed by atoms with Gasteiger partial charge in [-0.1, -0.05) is 0 Å². The second-order valence-corrected chi connectivity index (χ2v) is 2.60. The minimum absolute atomic E-state index is 0.211. The fourth-order valence-electron chi connectivity index (χ4n) is 0.967. The van der Waals surface area contributed by atoms with Gasteiger partial charge in [0.15, 0.2) is 6.29 Å². The van der Waals surface area contributed by atoms with Gasteiger partial charge in [-0.15, -0.1) is 0 Å². The summed E-state index contributed by atoms with van der Waals surface area (Å²) in [5.74, 6) is 0. The second kappa shape index (κ2) is 4.70. The lowest BCUT2D eigenvalue weighted by atomic mass is 10.3. The van der Waals surface area contributed by atoms with Crippen LogP contribution in [0.2, 0.25) is 0 Å². The Labute approximate surface area is 67.6 Å². The van der Waals surface area contributed by atoms with Crippen LogP contribution in [0.1, 0.15) is 13.3 Å². The van der Waals surface area contributed by atoms with Crippen molar-refractivity contribution in [1.29, 1.82) is 0 Å². The van der Waals surface area contributed by atoms with Crippen LogP contribution in [0.5, 0.6) is 0 Å². The van der Waals surface area contributed by atoms with Crippen molar-refractivity contribution in [2.24, 2.45) is 0 Å². The molecule has 0 bridgehead atoms. The van der Waals surface area contributed by atoms with Crippen LogP contribution in [0.15, 0.2) is 0 Å². The molecular formula is C8H15O3. The zero-order chi connectivity index (χ0) is 8.10. The van der Waals surface area contributed by atoms with Gasteiger partial charge in [0, 0.05) is 6.61 Å². The molecule has 3 heteroatoms. The molecule has 3 nitrogen and oxygen atoms in total. The monoisotopic (exact) mass is 159 g/mol. The summed E-state index contributed by atoms with van der Waals surface area (Å²) < 4.78 is 15.9. The first-order chi connectivity index (χ1) is 5.33. The fraction of sp³-hybridized carbons (Fsp3) is 0.875. The zero-order valence-electron chi connectivity index (χ0n) is 6.91. The summed E-state index contributed by atoms with van der Waals surface area (Å²) in [6.45, 7) is 7.28. The Bertz CT molecular complexity index is 106. The minimum atomic E-state index is -0.211. The molecule has 2 atom stereocenters. The Hall–Kier alpha value is -0.120. The topological polar surface area (TPSA) is 27.7 Å². The van der Waals surface area contributed by atoms with Crippen molar-refractivity contribution in [3.63, 3.8) is 0 Å². The third-order valence-electron chi connectivity index (χ3n) is 1.65. The highest BCUT2D eigenvalue weighted by Crippen LogP contribution is 2.08. The van der Waals surface area contributed by atoms with Crippen LogP contribution in [0.4, 0.5) is 0 Å². The first-order valence-electron chi connectivity index (χ1n) is 3.97. The molecule has 0 N–H and O–H groups in total. The van der Waals surface area contributed by atoms with E-state index in [1.165, 1.54) is 0 Å². The standard InChI is InChI=1S/C8H15O3/c1-3-9-8-6-11-7(2)4-5-10-8/h7-8H,1,3-6H2,2H3. The van der Waals surface area contributed by atoms with Crippen LogP contribution in [-0.4, -0.2) is 32.2 Å². The van der Waals surface area contributed by atoms with Gasteiger partial charge in [0.2, 0.25) is 0 Å². The van der Waals surface area contributed by atoms with E-state index in [2.05, 4.69) is 6.92 Å². The van der Waals surface area contributed by atoms with E-state index in [-0.39, 0.29) is 12.4 Å². The lowest BCUT2D eigenvalue weighted by molar-refractivity contribution is -0.151. The van der Waals surface area contributed by atoms with Gasteiger partial charge >= 0.3 is 0 Å². The van der Waals surface area contributed by atoms with E-state index in [0.717, 1.165) is 6.42 Å². The third-order valence-corrected chi connectivity index (χ3v) is 1.65. The van der Waals surface area contributed by atoms with Gasteiger partial charge in [-0.25, -0.2) is 0 Å². The number of ether oxygens (including phenoxy) is 3. The molecule has 11 heavy (non-hydrogen) atoms. The molecule has 0 amide bonds. The lowest BCUT2D eigenvalue weighted by Gasteiger charge is -2.13. The maximum absolute atomic E-state index is 5.39. The smallest absolute Gasteiger partial charge is 0.180 e. The molecular weight excluding hydrogens is 144 g/mol. The molecule has 1 saturated heterocycles. The molecule has 0 aromatic heterocycles. The SMILES string of the molecule is [CH2]COC1COC(C)CCO1. The van der Waals surface area contributed by atoms with E-state index in [4.69, 9.17) is 14.2 Å². The Kier molecular flexibility index (Phi) is 3.83. The Morgan fingerprint density at radius 3 is 3.09 bits per heavy atom. The van der Waals surface area contributed by atoms with E-state index >= 15 is 0 Å². The predicted molar refractivity (Wildman–Crippen MR) is 41.1 cm³/mol. The normalized spacial score (nSPS) is 33.3. The maximum Gasteiger partial charge on any atom is 0.180 e. The molecule has 0 spiro atoms. The van der Waals surface area contributed by atoms with Crippen molar-refractivity contribution in [3.8, 4) is 0 Å². The first-order valence-corrected chi connectivity index (χ1v) is 3.97. The Balaban J connectivity index is 2.22. The van der Waals surface area contributed by atoms with Crippen molar-refractivity contribution in [2.45, 2.75) is 25.7 Å². The molecule has 1 aliphatic heterocycles. The van der Waals surface area contributed by atoms with Gasteiger partial charge in [0.1, 0.15) is 0 Å². The van der Waals surface area contributed by atoms with Crippen molar-refractivity contribution in [2.75, 3.05) is 19.8 Å². The van der Waals surface area contributed by atoms with Crippen LogP contribution in [-0.2, 0) is 14.2 Å². The van der Waals surface area contributed by atoms with E-state index in [0.29, 0.717) is 19.8 Å². The van der Waals surface area contributed by atoms with Crippen LogP contribution in [0, 0.1) is 6.92 Å². The minimum Gasteiger partial charge on any atom is -0.373 e. The fourth-order valence-corrected chi connectivity index (χ4v) is 0.967. The molecule has 0 aromatic rings. The highest BCUT2D eigenvalue weighted by molar-refractivity contribution is 4.56. The largest absolute Gasteiger partial charge is 0.373 e. The van der Waals surface area contributed by atoms with Gasteiger partial charge in [0.05, 0.1) is 19.3 Å². The predicted octanol–water partition coefficient (Wildman–Crippen LogP) is 0.989. The van der Waals surface area contributed by atoms with Gasteiger partial charge in [-0.3, -0.25) is 0 Å². The molecule has 2 unspecified atom stereocenters. The molecule has 1 fully saturated rings. The summed E-state index contributed by atoms with van der Waals surface area (Å²) in [7, 11) is 0. The maximum atomic E-state index is 5.39. The number of hydrogen-bond acceptors (Lipinski definition) is 3. The first kappa shape index (κ1) is 8.97. The van der Waals surface area contributed by atoms with Gasteiger partial charge < -0.3 is 14.2 Å². The quantitative estimate of drug-likeness (QED) is 0.601. The lowest BCUT2D eigenvalue weighted by Crippen LogP contribution is -2.21. The summed E-state index contributed by atoms with van der Waals surface area (Å²) in [6.07, 6.45) is 1.02. The van der Waals surface area contributed by atoms with E-state index < -0.39 is 0 Å². The van der Waals surface area contributed by atoms with E-state index in [1.54, 1.807) is 0 Å². The molecule has 1 aliphatic rings. The van der Waals surface area contributed by atoms with Crippen LogP contribution in [0.25, 0.3) is 0 Å². The zero-order valence-corrected chi connectivity index (χ0v) is 6.91. The van der Waals surface area contributed by atoms with E-state index in [9.17, 15) is 0 Å². The molecule has 1 rings (SSSR count). The highest BCUT2D eigenvalue weighted by Gasteiger charge is 2.15. The molecule has 0 aromatic carbocycles. The molecule has 1 heterocycles. The molecule has 65 valence electrons. The average molecular weight is 159 g/mol. The Morgan fingerprint density at radius 2 is 2.36 bits per heavy atom. The van der Waals surface area contributed by atoms with Gasteiger partial charge in [0.25, 0.3) is 0 Å². The van der Waals surface area contributed by atoms with Gasteiger partial charge in [-0.2, -0.15) is 0 Å². The van der Waals surface area contributed by atoms with Crippen molar-refractivity contribution >= 4 is 0 Å². The summed E-state index contributed by atoms with van der Waals surface area (Å²) in [4.78, 5) is 0. The number of rotatable bonds is 2. The van der Waals surface area contributed by atoms with Crippen LogP contribution in [0.3, 0.4) is 0 Å².